The van der Waals surface area contributed by atoms with E-state index in [1.165, 1.54) is 0 Å². The highest BCUT2D eigenvalue weighted by Gasteiger charge is 2.33. The number of hydrogen-bond acceptors (Lipinski definition) is 3. The molecule has 0 spiro atoms. The van der Waals surface area contributed by atoms with Gasteiger partial charge in [0.2, 0.25) is 0 Å². The van der Waals surface area contributed by atoms with E-state index in [9.17, 15) is 8.42 Å². The van der Waals surface area contributed by atoms with Gasteiger partial charge in [0.15, 0.2) is 9.84 Å². The first-order valence-corrected chi connectivity index (χ1v) is 7.74. The molecule has 1 saturated heterocycles. The smallest absolute Gasteiger partial charge is 0.150 e. The van der Waals surface area contributed by atoms with Crippen molar-refractivity contribution >= 4 is 21.4 Å². The van der Waals surface area contributed by atoms with Crippen LogP contribution >= 0.6 is 11.6 Å². The van der Waals surface area contributed by atoms with Gasteiger partial charge < -0.3 is 4.42 Å². The van der Waals surface area contributed by atoms with Crippen molar-refractivity contribution in [2.45, 2.75) is 12.8 Å². The molecule has 2 unspecified atom stereocenters. The summed E-state index contributed by atoms with van der Waals surface area (Å²) in [7, 11) is -2.81. The molecule has 3 nitrogen and oxygen atoms in total. The molecule has 5 heteroatoms. The Labute approximate surface area is 101 Å². The SMILES string of the molecule is O=S1(=O)CCC(C(CCl)Cc2ccoc2)C1. The summed E-state index contributed by atoms with van der Waals surface area (Å²) in [6.45, 7) is 0. The zero-order valence-electron chi connectivity index (χ0n) is 8.93. The third kappa shape index (κ3) is 2.80. The topological polar surface area (TPSA) is 47.3 Å². The second-order valence-corrected chi connectivity index (χ2v) is 6.95. The first-order valence-electron chi connectivity index (χ1n) is 5.38. The first-order chi connectivity index (χ1) is 7.61. The molecule has 90 valence electrons. The summed E-state index contributed by atoms with van der Waals surface area (Å²) in [6, 6.07) is 1.91. The van der Waals surface area contributed by atoms with Crippen LogP contribution in [0.2, 0.25) is 0 Å². The Morgan fingerprint density at radius 2 is 2.38 bits per heavy atom. The Balaban J connectivity index is 2.01. The van der Waals surface area contributed by atoms with Gasteiger partial charge in [0.1, 0.15) is 0 Å². The molecule has 0 bridgehead atoms. The fourth-order valence-electron chi connectivity index (χ4n) is 2.25. The molecule has 1 aromatic heterocycles. The van der Waals surface area contributed by atoms with Crippen molar-refractivity contribution in [3.8, 4) is 0 Å². The monoisotopic (exact) mass is 262 g/mol. The zero-order chi connectivity index (χ0) is 11.6. The van der Waals surface area contributed by atoms with Gasteiger partial charge in [0.25, 0.3) is 0 Å². The van der Waals surface area contributed by atoms with Crippen molar-refractivity contribution in [3.05, 3.63) is 24.2 Å². The maximum Gasteiger partial charge on any atom is 0.150 e. The van der Waals surface area contributed by atoms with Crippen LogP contribution in [0, 0.1) is 11.8 Å². The highest BCUT2D eigenvalue weighted by Crippen LogP contribution is 2.29. The van der Waals surface area contributed by atoms with Crippen LogP contribution in [0.1, 0.15) is 12.0 Å². The van der Waals surface area contributed by atoms with Crippen LogP contribution < -0.4 is 0 Å². The Morgan fingerprint density at radius 1 is 1.56 bits per heavy atom. The molecule has 1 aliphatic rings. The summed E-state index contributed by atoms with van der Waals surface area (Å²) in [5.41, 5.74) is 1.09. The normalized spacial score (nSPS) is 25.7. The molecule has 1 fully saturated rings. The maximum atomic E-state index is 11.4. The van der Waals surface area contributed by atoms with Crippen molar-refractivity contribution < 1.29 is 12.8 Å². The van der Waals surface area contributed by atoms with E-state index < -0.39 is 9.84 Å². The third-order valence-corrected chi connectivity index (χ3v) is 5.40. The number of halogens is 1. The highest BCUT2D eigenvalue weighted by molar-refractivity contribution is 7.91. The number of sulfone groups is 1. The van der Waals surface area contributed by atoms with Crippen LogP contribution in [0.25, 0.3) is 0 Å². The van der Waals surface area contributed by atoms with Crippen LogP contribution in [-0.4, -0.2) is 25.8 Å². The minimum absolute atomic E-state index is 0.206. The van der Waals surface area contributed by atoms with Crippen LogP contribution in [0.3, 0.4) is 0 Å². The van der Waals surface area contributed by atoms with Crippen molar-refractivity contribution in [1.29, 1.82) is 0 Å². The molecular formula is C11H15ClO3S. The number of hydrogen-bond donors (Lipinski definition) is 0. The molecule has 0 aromatic carbocycles. The van der Waals surface area contributed by atoms with Crippen molar-refractivity contribution in [3.63, 3.8) is 0 Å². The molecule has 16 heavy (non-hydrogen) atoms. The van der Waals surface area contributed by atoms with Gasteiger partial charge in [0, 0.05) is 5.88 Å². The Morgan fingerprint density at radius 3 is 2.88 bits per heavy atom. The van der Waals surface area contributed by atoms with Crippen LogP contribution in [0.15, 0.2) is 23.0 Å². The first kappa shape index (κ1) is 12.0. The van der Waals surface area contributed by atoms with Gasteiger partial charge in [0.05, 0.1) is 24.0 Å². The van der Waals surface area contributed by atoms with Crippen molar-refractivity contribution in [2.24, 2.45) is 11.8 Å². The third-order valence-electron chi connectivity index (χ3n) is 3.21. The number of alkyl halides is 1. The highest BCUT2D eigenvalue weighted by atomic mass is 35.5. The van der Waals surface area contributed by atoms with Gasteiger partial charge in [-0.3, -0.25) is 0 Å². The predicted molar refractivity (Wildman–Crippen MR) is 63.4 cm³/mol. The Kier molecular flexibility index (Phi) is 3.60. The summed E-state index contributed by atoms with van der Waals surface area (Å²) in [6.07, 6.45) is 4.88. The summed E-state index contributed by atoms with van der Waals surface area (Å²) in [4.78, 5) is 0. The molecule has 2 atom stereocenters. The summed E-state index contributed by atoms with van der Waals surface area (Å²) in [5, 5.41) is 0. The molecule has 2 rings (SSSR count). The average molecular weight is 263 g/mol. The van der Waals surface area contributed by atoms with Gasteiger partial charge in [-0.05, 0) is 36.3 Å². The quantitative estimate of drug-likeness (QED) is 0.781. The van der Waals surface area contributed by atoms with Gasteiger partial charge in [-0.25, -0.2) is 8.42 Å². The van der Waals surface area contributed by atoms with E-state index >= 15 is 0 Å². The molecule has 0 saturated carbocycles. The molecular weight excluding hydrogens is 248 g/mol. The Bertz CT molecular complexity index is 424. The van der Waals surface area contributed by atoms with Crippen LogP contribution in [0.5, 0.6) is 0 Å². The maximum absolute atomic E-state index is 11.4. The van der Waals surface area contributed by atoms with Crippen LogP contribution in [-0.2, 0) is 16.3 Å². The lowest BCUT2D eigenvalue weighted by molar-refractivity contribution is 0.396. The average Bonchev–Trinajstić information content (AvgIpc) is 2.83. The van der Waals surface area contributed by atoms with E-state index in [0.717, 1.165) is 18.4 Å². The lowest BCUT2D eigenvalue weighted by Gasteiger charge is -2.18. The zero-order valence-corrected chi connectivity index (χ0v) is 10.5. The fourth-order valence-corrected chi connectivity index (χ4v) is 4.54. The van der Waals surface area contributed by atoms with Crippen molar-refractivity contribution in [1.82, 2.24) is 0 Å². The van der Waals surface area contributed by atoms with E-state index in [-0.39, 0.29) is 11.8 Å². The predicted octanol–water partition coefficient (Wildman–Crippen LogP) is 2.11. The second kappa shape index (κ2) is 4.80. The standard InChI is InChI=1S/C11H15ClO3S/c12-6-11(5-9-1-3-15-7-9)10-2-4-16(13,14)8-10/h1,3,7,10-11H,2,4-6,8H2. The van der Waals surface area contributed by atoms with Crippen LogP contribution in [0.4, 0.5) is 0 Å². The van der Waals surface area contributed by atoms with Gasteiger partial charge >= 0.3 is 0 Å². The van der Waals surface area contributed by atoms with Crippen molar-refractivity contribution in [2.75, 3.05) is 17.4 Å². The van der Waals surface area contributed by atoms with E-state index in [1.807, 2.05) is 6.07 Å². The summed E-state index contributed by atoms with van der Waals surface area (Å²) in [5.74, 6) is 1.55. The number of furan rings is 1. The molecule has 0 amide bonds. The van der Waals surface area contributed by atoms with Gasteiger partial charge in [-0.2, -0.15) is 0 Å². The summed E-state index contributed by atoms with van der Waals surface area (Å²) >= 11 is 5.93. The summed E-state index contributed by atoms with van der Waals surface area (Å²) < 4.78 is 27.8. The molecule has 0 aliphatic carbocycles. The van der Waals surface area contributed by atoms with E-state index in [4.69, 9.17) is 16.0 Å². The van der Waals surface area contributed by atoms with E-state index in [1.54, 1.807) is 12.5 Å². The molecule has 1 aromatic rings. The second-order valence-electron chi connectivity index (χ2n) is 4.41. The molecule has 2 heterocycles. The van der Waals surface area contributed by atoms with E-state index in [0.29, 0.717) is 17.4 Å². The minimum atomic E-state index is -2.81. The molecule has 0 radical (unpaired) electrons. The lowest BCUT2D eigenvalue weighted by Crippen LogP contribution is -2.20. The fraction of sp³-hybridized carbons (Fsp3) is 0.636. The largest absolute Gasteiger partial charge is 0.472 e. The van der Waals surface area contributed by atoms with Gasteiger partial charge in [-0.1, -0.05) is 0 Å². The Hall–Kier alpha value is -0.480. The van der Waals surface area contributed by atoms with Gasteiger partial charge in [-0.15, -0.1) is 11.6 Å². The number of rotatable bonds is 4. The minimum Gasteiger partial charge on any atom is -0.472 e. The lowest BCUT2D eigenvalue weighted by atomic mass is 9.88. The van der Waals surface area contributed by atoms with E-state index in [2.05, 4.69) is 0 Å². The molecule has 0 N–H and O–H groups in total. The molecule has 1 aliphatic heterocycles.